The van der Waals surface area contributed by atoms with E-state index in [2.05, 4.69) is 15.5 Å². The Kier molecular flexibility index (Phi) is 6.86. The number of carbonyl (C=O) groups is 2. The summed E-state index contributed by atoms with van der Waals surface area (Å²) in [6.45, 7) is 3.85. The van der Waals surface area contributed by atoms with E-state index in [-0.39, 0.29) is 23.7 Å². The Balaban J connectivity index is 1.28. The molecule has 2 N–H and O–H groups in total. The van der Waals surface area contributed by atoms with Gasteiger partial charge in [-0.2, -0.15) is 0 Å². The van der Waals surface area contributed by atoms with Gasteiger partial charge in [-0.05, 0) is 94.3 Å². The van der Waals surface area contributed by atoms with Crippen molar-refractivity contribution in [3.05, 3.63) is 30.1 Å². The molecule has 0 unspecified atom stereocenters. The Morgan fingerprint density at radius 1 is 1.06 bits per heavy atom. The summed E-state index contributed by atoms with van der Waals surface area (Å²) in [7, 11) is 0. The molecule has 3 heterocycles. The lowest BCUT2D eigenvalue weighted by atomic mass is 9.69. The Morgan fingerprint density at radius 3 is 2.64 bits per heavy atom. The van der Waals surface area contributed by atoms with Crippen LogP contribution in [0.5, 0.6) is 0 Å². The van der Waals surface area contributed by atoms with Gasteiger partial charge in [0.05, 0.1) is 5.69 Å². The molecule has 4 fully saturated rings. The van der Waals surface area contributed by atoms with Gasteiger partial charge < -0.3 is 15.5 Å². The van der Waals surface area contributed by atoms with E-state index in [0.717, 1.165) is 58.3 Å². The molecule has 1 saturated carbocycles. The van der Waals surface area contributed by atoms with E-state index in [1.165, 1.54) is 25.3 Å². The molecular formula is C26H37FN4O2. The average Bonchev–Trinajstić information content (AvgIpc) is 3.65. The molecule has 4 atom stereocenters. The minimum atomic E-state index is -0.411. The Bertz CT molecular complexity index is 858. The van der Waals surface area contributed by atoms with Crippen LogP contribution in [-0.4, -0.2) is 60.0 Å². The summed E-state index contributed by atoms with van der Waals surface area (Å²) in [5, 5.41) is 5.90. The van der Waals surface area contributed by atoms with Crippen molar-refractivity contribution in [3.63, 3.8) is 0 Å². The number of hydrogen-bond acceptors (Lipinski definition) is 3. The maximum absolute atomic E-state index is 14.2. The van der Waals surface area contributed by atoms with Crippen LogP contribution < -0.4 is 10.6 Å². The molecule has 6 nitrogen and oxygen atoms in total. The van der Waals surface area contributed by atoms with E-state index in [9.17, 15) is 14.0 Å². The Morgan fingerprint density at radius 2 is 1.85 bits per heavy atom. The van der Waals surface area contributed by atoms with Crippen molar-refractivity contribution >= 4 is 17.6 Å². The molecule has 3 amide bonds. The summed E-state index contributed by atoms with van der Waals surface area (Å²) in [4.78, 5) is 30.3. The number of amides is 3. The molecule has 1 aromatic carbocycles. The van der Waals surface area contributed by atoms with Crippen LogP contribution in [0.4, 0.5) is 14.9 Å². The van der Waals surface area contributed by atoms with Crippen LogP contribution in [0.2, 0.25) is 0 Å². The van der Waals surface area contributed by atoms with Crippen molar-refractivity contribution in [3.8, 4) is 0 Å². The predicted molar refractivity (Wildman–Crippen MR) is 126 cm³/mol. The molecular weight excluding hydrogens is 419 g/mol. The highest BCUT2D eigenvalue weighted by atomic mass is 19.1. The number of urea groups is 1. The molecule has 0 radical (unpaired) electrons. The smallest absolute Gasteiger partial charge is 0.322 e. The van der Waals surface area contributed by atoms with E-state index < -0.39 is 5.82 Å². The van der Waals surface area contributed by atoms with Crippen LogP contribution in [0, 0.1) is 23.6 Å². The van der Waals surface area contributed by atoms with Gasteiger partial charge >= 0.3 is 6.03 Å². The first-order valence-corrected chi connectivity index (χ1v) is 12.9. The number of para-hydroxylation sites is 1. The van der Waals surface area contributed by atoms with Crippen molar-refractivity contribution in [1.29, 1.82) is 0 Å². The van der Waals surface area contributed by atoms with Crippen molar-refractivity contribution in [1.82, 2.24) is 15.1 Å². The standard InChI is InChI=1S/C26H37FN4O2/c27-21-8-1-2-9-22(21)29-26(33)31-17-19-6-4-14-30-15-5-7-20(25(19)30)23(31)10-3-11-24(32)28-16-18-12-13-18/h1-2,8-9,18-20,23,25H,3-7,10-17H2,(H,28,32)(H,29,33)/t19-,20+,23+,25-/m0/s1. The highest BCUT2D eigenvalue weighted by Crippen LogP contribution is 2.43. The molecule has 7 heteroatoms. The van der Waals surface area contributed by atoms with Crippen LogP contribution in [-0.2, 0) is 4.79 Å². The summed E-state index contributed by atoms with van der Waals surface area (Å²) < 4.78 is 14.2. The summed E-state index contributed by atoms with van der Waals surface area (Å²) in [5.41, 5.74) is 0.233. The number of anilines is 1. The molecule has 1 aliphatic carbocycles. The Labute approximate surface area is 196 Å². The SMILES string of the molecule is O=C(CCC[C@@H]1[C@H]2CCCN3CCC[C@@H](CN1C(=O)Nc1ccccc1F)[C@@H]23)NCC1CC1. The molecule has 4 aliphatic rings. The maximum atomic E-state index is 14.2. The zero-order valence-corrected chi connectivity index (χ0v) is 19.5. The number of nitrogens with one attached hydrogen (secondary N) is 2. The average molecular weight is 457 g/mol. The third kappa shape index (κ3) is 5.18. The molecule has 3 aliphatic heterocycles. The maximum Gasteiger partial charge on any atom is 0.322 e. The summed E-state index contributed by atoms with van der Waals surface area (Å²) in [5.74, 6) is 1.31. The van der Waals surface area contributed by atoms with Gasteiger partial charge in [-0.3, -0.25) is 9.69 Å². The van der Waals surface area contributed by atoms with E-state index in [4.69, 9.17) is 0 Å². The normalized spacial score (nSPS) is 29.3. The monoisotopic (exact) mass is 456 g/mol. The quantitative estimate of drug-likeness (QED) is 0.645. The first kappa shape index (κ1) is 22.6. The largest absolute Gasteiger partial charge is 0.356 e. The lowest BCUT2D eigenvalue weighted by molar-refractivity contribution is -0.121. The van der Waals surface area contributed by atoms with Gasteiger partial charge in [0.15, 0.2) is 0 Å². The first-order chi connectivity index (χ1) is 16.1. The molecule has 0 spiro atoms. The number of hydrogen-bond donors (Lipinski definition) is 2. The minimum absolute atomic E-state index is 0.0927. The lowest BCUT2D eigenvalue weighted by Crippen LogP contribution is -2.66. The van der Waals surface area contributed by atoms with Gasteiger partial charge in [-0.15, -0.1) is 0 Å². The highest BCUT2D eigenvalue weighted by molar-refractivity contribution is 5.89. The van der Waals surface area contributed by atoms with Crippen LogP contribution in [0.1, 0.15) is 57.8 Å². The molecule has 1 aromatic rings. The second kappa shape index (κ2) is 10.00. The first-order valence-electron chi connectivity index (χ1n) is 12.9. The molecule has 33 heavy (non-hydrogen) atoms. The zero-order chi connectivity index (χ0) is 22.8. The van der Waals surface area contributed by atoms with Gasteiger partial charge in [0.25, 0.3) is 0 Å². The van der Waals surface area contributed by atoms with Crippen molar-refractivity contribution in [2.24, 2.45) is 17.8 Å². The summed E-state index contributed by atoms with van der Waals surface area (Å²) in [6.07, 6.45) is 9.19. The number of piperidine rings is 3. The van der Waals surface area contributed by atoms with Crippen LogP contribution in [0.3, 0.4) is 0 Å². The highest BCUT2D eigenvalue weighted by Gasteiger charge is 2.49. The van der Waals surface area contributed by atoms with Gasteiger partial charge in [0, 0.05) is 31.6 Å². The van der Waals surface area contributed by atoms with Crippen LogP contribution in [0.15, 0.2) is 24.3 Å². The molecule has 0 aromatic heterocycles. The number of likely N-dealkylation sites (tertiary alicyclic amines) is 1. The van der Waals surface area contributed by atoms with Gasteiger partial charge in [-0.1, -0.05) is 12.1 Å². The molecule has 180 valence electrons. The number of rotatable bonds is 7. The molecule has 3 saturated heterocycles. The van der Waals surface area contributed by atoms with Gasteiger partial charge in [0.2, 0.25) is 5.91 Å². The second-order valence-electron chi connectivity index (χ2n) is 10.5. The topological polar surface area (TPSA) is 64.7 Å². The third-order valence-electron chi connectivity index (χ3n) is 8.24. The third-order valence-corrected chi connectivity index (χ3v) is 8.24. The van der Waals surface area contributed by atoms with Crippen LogP contribution >= 0.6 is 0 Å². The predicted octanol–water partition coefficient (Wildman–Crippen LogP) is 4.23. The number of benzene rings is 1. The van der Waals surface area contributed by atoms with E-state index in [0.29, 0.717) is 30.2 Å². The molecule has 5 rings (SSSR count). The van der Waals surface area contributed by atoms with E-state index in [1.807, 2.05) is 4.90 Å². The number of halogens is 1. The fraction of sp³-hybridized carbons (Fsp3) is 0.692. The summed E-state index contributed by atoms with van der Waals surface area (Å²) in [6, 6.07) is 6.79. The zero-order valence-electron chi connectivity index (χ0n) is 19.5. The van der Waals surface area contributed by atoms with E-state index >= 15 is 0 Å². The van der Waals surface area contributed by atoms with Crippen molar-refractivity contribution < 1.29 is 14.0 Å². The van der Waals surface area contributed by atoms with Crippen molar-refractivity contribution in [2.45, 2.75) is 69.9 Å². The Hall–Kier alpha value is -2.15. The van der Waals surface area contributed by atoms with Crippen molar-refractivity contribution in [2.75, 3.05) is 31.5 Å². The van der Waals surface area contributed by atoms with Gasteiger partial charge in [-0.25, -0.2) is 9.18 Å². The fourth-order valence-electron chi connectivity index (χ4n) is 6.49. The molecule has 0 bridgehead atoms. The lowest BCUT2D eigenvalue weighted by Gasteiger charge is -2.57. The number of carbonyl (C=O) groups excluding carboxylic acids is 2. The van der Waals surface area contributed by atoms with Crippen LogP contribution in [0.25, 0.3) is 0 Å². The second-order valence-corrected chi connectivity index (χ2v) is 10.5. The minimum Gasteiger partial charge on any atom is -0.356 e. The van der Waals surface area contributed by atoms with E-state index in [1.54, 1.807) is 18.2 Å². The summed E-state index contributed by atoms with van der Waals surface area (Å²) >= 11 is 0. The fourth-order valence-corrected chi connectivity index (χ4v) is 6.49. The van der Waals surface area contributed by atoms with Gasteiger partial charge in [0.1, 0.15) is 5.82 Å². The number of nitrogens with zero attached hydrogens (tertiary/aromatic N) is 2.